The number of hydrogen-bond acceptors (Lipinski definition) is 9. The summed E-state index contributed by atoms with van der Waals surface area (Å²) in [5, 5.41) is 12.0. The number of nitrogens with one attached hydrogen (secondary N) is 2. The molecule has 0 saturated heterocycles. The van der Waals surface area contributed by atoms with Gasteiger partial charge in [-0.25, -0.2) is 4.98 Å². The average molecular weight is 745 g/mol. The van der Waals surface area contributed by atoms with Crippen molar-refractivity contribution in [1.29, 1.82) is 0 Å². The van der Waals surface area contributed by atoms with Crippen molar-refractivity contribution in [3.63, 3.8) is 0 Å². The highest BCUT2D eigenvalue weighted by molar-refractivity contribution is 7.09. The highest BCUT2D eigenvalue weighted by Crippen LogP contribution is 2.33. The molecule has 0 saturated carbocycles. The highest BCUT2D eigenvalue weighted by atomic mass is 32.1. The van der Waals surface area contributed by atoms with Crippen LogP contribution in [0.3, 0.4) is 0 Å². The molecule has 0 spiro atoms. The Labute approximate surface area is 317 Å². The Morgan fingerprint density at radius 1 is 1.06 bits per heavy atom. The van der Waals surface area contributed by atoms with Crippen LogP contribution in [0.25, 0.3) is 0 Å². The van der Waals surface area contributed by atoms with Crippen molar-refractivity contribution in [2.45, 2.75) is 131 Å². The van der Waals surface area contributed by atoms with Crippen LogP contribution < -0.4 is 27.9 Å². The summed E-state index contributed by atoms with van der Waals surface area (Å²) in [5.74, 6) is 5.97. The molecule has 0 bridgehead atoms. The zero-order valence-electron chi connectivity index (χ0n) is 33.2. The number of fused-ring (bicyclic) bond motifs is 1. The third-order valence-electron chi connectivity index (χ3n) is 9.14. The van der Waals surface area contributed by atoms with Crippen LogP contribution >= 0.6 is 11.3 Å². The van der Waals surface area contributed by atoms with Gasteiger partial charge < -0.3 is 37.6 Å². The number of hydrogen-bond donors (Lipinski definition) is 5. The SMILES string of the molecule is CCCC.CCCN(C(=O)C[C@@H](C)CC)C(C[C@@H](OCC)c1nc(C(=O)N[C@H]2Cc3ccccc3[C@H](/C(N)=N/N)C2)cs1)C(C)C.CNCC(N)=O. The molecule has 0 aliphatic heterocycles. The Kier molecular flexibility index (Phi) is 22.7. The number of hydrazone groups is 1. The van der Waals surface area contributed by atoms with E-state index in [1.807, 2.05) is 25.1 Å². The molecule has 12 nitrogen and oxygen atoms in total. The second-order valence-corrected chi connectivity index (χ2v) is 14.7. The minimum atomic E-state index is -0.322. The maximum atomic E-state index is 13.4. The molecule has 3 amide bonds. The van der Waals surface area contributed by atoms with E-state index in [1.165, 1.54) is 24.2 Å². The van der Waals surface area contributed by atoms with Crippen LogP contribution in [0.2, 0.25) is 0 Å². The smallest absolute Gasteiger partial charge is 0.270 e. The molecule has 2 aromatic rings. The molecule has 0 fully saturated rings. The Morgan fingerprint density at radius 3 is 2.25 bits per heavy atom. The number of ether oxygens (including phenoxy) is 1. The van der Waals surface area contributed by atoms with Gasteiger partial charge >= 0.3 is 0 Å². The summed E-state index contributed by atoms with van der Waals surface area (Å²) in [5.41, 5.74) is 13.4. The van der Waals surface area contributed by atoms with Crippen LogP contribution in [0, 0.1) is 11.8 Å². The van der Waals surface area contributed by atoms with Crippen molar-refractivity contribution in [3.05, 3.63) is 51.5 Å². The van der Waals surface area contributed by atoms with Crippen LogP contribution in [-0.4, -0.2) is 72.3 Å². The Balaban J connectivity index is 0.00000119. The van der Waals surface area contributed by atoms with Crippen LogP contribution in [0.1, 0.15) is 139 Å². The van der Waals surface area contributed by atoms with Gasteiger partial charge in [-0.1, -0.05) is 92.0 Å². The fourth-order valence-corrected chi connectivity index (χ4v) is 6.83. The summed E-state index contributed by atoms with van der Waals surface area (Å²) in [6, 6.07) is 7.94. The van der Waals surface area contributed by atoms with E-state index in [-0.39, 0.29) is 54.3 Å². The summed E-state index contributed by atoms with van der Waals surface area (Å²) in [4.78, 5) is 43.3. The molecule has 0 radical (unpaired) electrons. The van der Waals surface area contributed by atoms with Gasteiger partial charge in [0.2, 0.25) is 11.8 Å². The third kappa shape index (κ3) is 15.6. The number of aromatic nitrogens is 1. The number of carbonyl (C=O) groups is 3. The zero-order valence-corrected chi connectivity index (χ0v) is 34.1. The predicted octanol–water partition coefficient (Wildman–Crippen LogP) is 5.87. The topological polar surface area (TPSA) is 191 Å². The molecule has 1 unspecified atom stereocenters. The maximum Gasteiger partial charge on any atom is 0.270 e. The van der Waals surface area contributed by atoms with Gasteiger partial charge in [-0.2, -0.15) is 5.10 Å². The van der Waals surface area contributed by atoms with Crippen molar-refractivity contribution in [1.82, 2.24) is 20.5 Å². The van der Waals surface area contributed by atoms with Crippen molar-refractivity contribution >= 4 is 34.9 Å². The molecule has 1 aliphatic carbocycles. The Hall–Kier alpha value is -3.55. The average Bonchev–Trinajstić information content (AvgIpc) is 3.62. The molecule has 1 aromatic heterocycles. The normalized spacial score (nSPS) is 17.0. The second kappa shape index (κ2) is 25.4. The molecule has 1 heterocycles. The number of rotatable bonds is 18. The number of amides is 3. The Morgan fingerprint density at radius 2 is 1.73 bits per heavy atom. The number of nitrogens with zero attached hydrogens (tertiary/aromatic N) is 3. The van der Waals surface area contributed by atoms with Gasteiger partial charge in [0.05, 0.1) is 6.54 Å². The fraction of sp³-hybridized carbons (Fsp3) is 0.667. The van der Waals surface area contributed by atoms with Gasteiger partial charge in [-0.05, 0) is 56.2 Å². The van der Waals surface area contributed by atoms with Gasteiger partial charge in [0.25, 0.3) is 5.91 Å². The molecule has 13 heteroatoms. The van der Waals surface area contributed by atoms with Gasteiger partial charge in [0.15, 0.2) is 0 Å². The predicted molar refractivity (Wildman–Crippen MR) is 214 cm³/mol. The molecular formula is C39H68N8O4S. The minimum absolute atomic E-state index is 0.00754. The lowest BCUT2D eigenvalue weighted by molar-refractivity contribution is -0.136. The third-order valence-corrected chi connectivity index (χ3v) is 10.1. The number of thiazole rings is 1. The van der Waals surface area contributed by atoms with Gasteiger partial charge in [0.1, 0.15) is 22.6 Å². The van der Waals surface area contributed by atoms with E-state index in [9.17, 15) is 14.4 Å². The number of unbranched alkanes of at least 4 members (excludes halogenated alkanes) is 1. The fourth-order valence-electron chi connectivity index (χ4n) is 5.97. The van der Waals surface area contributed by atoms with Gasteiger partial charge in [-0.15, -0.1) is 11.3 Å². The first kappa shape index (κ1) is 46.5. The molecule has 3 rings (SSSR count). The molecule has 52 heavy (non-hydrogen) atoms. The first-order valence-corrected chi connectivity index (χ1v) is 19.9. The molecule has 294 valence electrons. The van der Waals surface area contributed by atoms with Crippen LogP contribution in [0.4, 0.5) is 0 Å². The van der Waals surface area contributed by atoms with Gasteiger partial charge in [0, 0.05) is 49.4 Å². The summed E-state index contributed by atoms with van der Waals surface area (Å²) >= 11 is 1.43. The van der Waals surface area contributed by atoms with E-state index in [0.717, 1.165) is 29.0 Å². The lowest BCUT2D eigenvalue weighted by Crippen LogP contribution is -2.45. The van der Waals surface area contributed by atoms with Crippen LogP contribution in [0.5, 0.6) is 0 Å². The largest absolute Gasteiger partial charge is 0.385 e. The van der Waals surface area contributed by atoms with Crippen molar-refractivity contribution in [2.75, 3.05) is 26.7 Å². The maximum absolute atomic E-state index is 13.4. The lowest BCUT2D eigenvalue weighted by atomic mass is 9.79. The minimum Gasteiger partial charge on any atom is -0.385 e. The van der Waals surface area contributed by atoms with Crippen molar-refractivity contribution in [2.24, 2.45) is 34.2 Å². The lowest BCUT2D eigenvalue weighted by Gasteiger charge is -2.37. The van der Waals surface area contributed by atoms with Crippen LogP contribution in [0.15, 0.2) is 34.7 Å². The number of likely N-dealkylation sites (N-methyl/N-ethyl adjacent to an activating group) is 1. The molecule has 8 N–H and O–H groups in total. The molecule has 5 atom stereocenters. The summed E-state index contributed by atoms with van der Waals surface area (Å²) in [6.45, 7) is 18.5. The quantitative estimate of drug-likeness (QED) is 0.0542. The number of nitrogens with two attached hydrogens (primary N) is 3. The van der Waals surface area contributed by atoms with Crippen molar-refractivity contribution in [3.8, 4) is 0 Å². The first-order valence-electron chi connectivity index (χ1n) is 19.0. The van der Waals surface area contributed by atoms with E-state index >= 15 is 0 Å². The molecular weight excluding hydrogens is 677 g/mol. The van der Waals surface area contributed by atoms with Gasteiger partial charge in [-0.3, -0.25) is 14.4 Å². The van der Waals surface area contributed by atoms with E-state index in [1.54, 1.807) is 12.4 Å². The second-order valence-electron chi connectivity index (χ2n) is 13.8. The molecule has 1 aliphatic rings. The standard InChI is InChI=1S/C32H50N6O3S.C4H10.C3H8N2O/c1-7-14-38(29(39)15-21(6)8-2)27(20(4)5)18-28(41-9-3)32-36-26(19-42-32)31(40)35-23-16-22-12-10-11-13-24(22)25(17-23)30(33)37-34;1-3-4-2;1-5-2-3(4)6/h10-13,19-21,23,25,27-28H,7-9,14-18,34H2,1-6H3,(H2,33,37)(H,35,40);3-4H2,1-2H3;5H,2H2,1H3,(H2,4,6)/t21-,23-,25+,27?,28+;;/m0../s1. The summed E-state index contributed by atoms with van der Waals surface area (Å²) in [6.07, 6.45) is 6.69. The van der Waals surface area contributed by atoms with E-state index in [0.29, 0.717) is 56.3 Å². The monoisotopic (exact) mass is 745 g/mol. The number of amidine groups is 1. The molecule has 1 aromatic carbocycles. The van der Waals surface area contributed by atoms with E-state index < -0.39 is 0 Å². The zero-order chi connectivity index (χ0) is 39.2. The van der Waals surface area contributed by atoms with Crippen molar-refractivity contribution < 1.29 is 19.1 Å². The van der Waals surface area contributed by atoms with E-state index in [2.05, 4.69) is 75.2 Å². The number of carbonyl (C=O) groups excluding carboxylic acids is 3. The van der Waals surface area contributed by atoms with E-state index in [4.69, 9.17) is 27.0 Å². The Bertz CT molecular complexity index is 1370. The first-order chi connectivity index (χ1) is 24.8. The summed E-state index contributed by atoms with van der Waals surface area (Å²) in [7, 11) is 1.67. The summed E-state index contributed by atoms with van der Waals surface area (Å²) < 4.78 is 6.19. The number of primary amides is 1. The number of benzene rings is 1. The van der Waals surface area contributed by atoms with Crippen LogP contribution in [-0.2, 0) is 20.7 Å². The highest BCUT2D eigenvalue weighted by Gasteiger charge is 2.33.